The van der Waals surface area contributed by atoms with Crippen LogP contribution in [0.4, 0.5) is 11.4 Å². The summed E-state index contributed by atoms with van der Waals surface area (Å²) in [5.74, 6) is -0.881. The summed E-state index contributed by atoms with van der Waals surface area (Å²) in [7, 11) is 0. The van der Waals surface area contributed by atoms with Crippen molar-refractivity contribution >= 4 is 29.0 Å². The Bertz CT molecular complexity index is 1090. The highest BCUT2D eigenvalue weighted by molar-refractivity contribution is 6.06. The highest BCUT2D eigenvalue weighted by Gasteiger charge is 2.14. The van der Waals surface area contributed by atoms with Crippen LogP contribution in [0.3, 0.4) is 0 Å². The van der Waals surface area contributed by atoms with Crippen LogP contribution < -0.4 is 10.6 Å². The van der Waals surface area contributed by atoms with Gasteiger partial charge in [0.2, 0.25) is 0 Å². The quantitative estimate of drug-likeness (QED) is 0.635. The maximum atomic E-state index is 12.6. The third kappa shape index (κ3) is 4.93. The molecule has 6 nitrogen and oxygen atoms in total. The van der Waals surface area contributed by atoms with Crippen molar-refractivity contribution in [1.29, 1.82) is 0 Å². The molecule has 0 bridgehead atoms. The smallest absolute Gasteiger partial charge is 0.274 e. The number of benzene rings is 2. The number of hydrogen-bond acceptors (Lipinski definition) is 4. The molecule has 3 rings (SSSR count). The number of aryl methyl sites for hydroxylation is 2. The highest BCUT2D eigenvalue weighted by Crippen LogP contribution is 2.17. The van der Waals surface area contributed by atoms with Gasteiger partial charge in [0.1, 0.15) is 11.4 Å². The fraction of sp³-hybridized carbons (Fsp3) is 0.130. The summed E-state index contributed by atoms with van der Waals surface area (Å²) in [6, 6.07) is 17.0. The van der Waals surface area contributed by atoms with Gasteiger partial charge in [-0.3, -0.25) is 14.4 Å². The minimum Gasteiger partial charge on any atom is -0.321 e. The first-order valence-corrected chi connectivity index (χ1v) is 9.11. The number of aromatic nitrogens is 1. The predicted octanol–water partition coefficient (Wildman–Crippen LogP) is 4.41. The van der Waals surface area contributed by atoms with Crippen LogP contribution in [0.25, 0.3) is 0 Å². The van der Waals surface area contributed by atoms with E-state index in [1.807, 2.05) is 32.0 Å². The molecule has 0 spiro atoms. The van der Waals surface area contributed by atoms with Crippen molar-refractivity contribution in [3.63, 3.8) is 0 Å². The number of amides is 2. The van der Waals surface area contributed by atoms with Crippen LogP contribution in [0.2, 0.25) is 0 Å². The standard InChI is InChI=1S/C23H21N3O3/c1-14-7-8-15(2)21(13-14)26-23(29)20-6-4-5-19(25-20)22(28)24-18-11-9-17(10-12-18)16(3)27/h4-13H,1-3H3,(H,24,28)(H,26,29). The Morgan fingerprint density at radius 1 is 0.793 bits per heavy atom. The van der Waals surface area contributed by atoms with Gasteiger partial charge >= 0.3 is 0 Å². The average molecular weight is 387 g/mol. The molecule has 0 aliphatic carbocycles. The molecule has 1 aromatic heterocycles. The van der Waals surface area contributed by atoms with Gasteiger partial charge in [0.25, 0.3) is 11.8 Å². The fourth-order valence-corrected chi connectivity index (χ4v) is 2.73. The van der Waals surface area contributed by atoms with Gasteiger partial charge < -0.3 is 10.6 Å². The van der Waals surface area contributed by atoms with E-state index in [0.717, 1.165) is 11.1 Å². The Morgan fingerprint density at radius 2 is 1.41 bits per heavy atom. The molecule has 1 heterocycles. The second-order valence-corrected chi connectivity index (χ2v) is 6.77. The van der Waals surface area contributed by atoms with Gasteiger partial charge in [0, 0.05) is 16.9 Å². The zero-order chi connectivity index (χ0) is 21.0. The lowest BCUT2D eigenvalue weighted by molar-refractivity contribution is 0.100. The molecule has 2 amide bonds. The maximum absolute atomic E-state index is 12.6. The molecule has 3 aromatic rings. The first-order valence-electron chi connectivity index (χ1n) is 9.11. The van der Waals surface area contributed by atoms with Crippen molar-refractivity contribution in [2.75, 3.05) is 10.6 Å². The van der Waals surface area contributed by atoms with Crippen molar-refractivity contribution < 1.29 is 14.4 Å². The molecule has 0 aliphatic rings. The van der Waals surface area contributed by atoms with Gasteiger partial charge in [-0.05, 0) is 74.4 Å². The predicted molar refractivity (Wildman–Crippen MR) is 113 cm³/mol. The average Bonchev–Trinajstić information content (AvgIpc) is 2.71. The van der Waals surface area contributed by atoms with Crippen molar-refractivity contribution in [1.82, 2.24) is 4.98 Å². The van der Waals surface area contributed by atoms with Gasteiger partial charge in [0.05, 0.1) is 0 Å². The van der Waals surface area contributed by atoms with Gasteiger partial charge in [-0.2, -0.15) is 0 Å². The molecule has 0 saturated carbocycles. The van der Waals surface area contributed by atoms with Crippen molar-refractivity contribution in [3.05, 3.63) is 88.7 Å². The number of carbonyl (C=O) groups excluding carboxylic acids is 3. The molecule has 2 aromatic carbocycles. The number of hydrogen-bond donors (Lipinski definition) is 2. The monoisotopic (exact) mass is 387 g/mol. The van der Waals surface area contributed by atoms with Crippen LogP contribution in [0, 0.1) is 13.8 Å². The SMILES string of the molecule is CC(=O)c1ccc(NC(=O)c2cccc(C(=O)Nc3cc(C)ccc3C)n2)cc1. The van der Waals surface area contributed by atoms with Gasteiger partial charge in [0.15, 0.2) is 5.78 Å². The first-order chi connectivity index (χ1) is 13.8. The number of nitrogens with zero attached hydrogens (tertiary/aromatic N) is 1. The van der Waals surface area contributed by atoms with Gasteiger partial charge in [-0.1, -0.05) is 18.2 Å². The van der Waals surface area contributed by atoms with Crippen LogP contribution in [-0.4, -0.2) is 22.6 Å². The van der Waals surface area contributed by atoms with Crippen LogP contribution in [-0.2, 0) is 0 Å². The van der Waals surface area contributed by atoms with E-state index in [1.165, 1.54) is 13.0 Å². The lowest BCUT2D eigenvalue weighted by Crippen LogP contribution is -2.19. The second-order valence-electron chi connectivity index (χ2n) is 6.77. The minimum atomic E-state index is -0.443. The molecule has 6 heteroatoms. The molecule has 0 radical (unpaired) electrons. The Morgan fingerprint density at radius 3 is 2.03 bits per heavy atom. The van der Waals surface area contributed by atoms with E-state index in [2.05, 4.69) is 15.6 Å². The lowest BCUT2D eigenvalue weighted by Gasteiger charge is -2.10. The summed E-state index contributed by atoms with van der Waals surface area (Å²) in [4.78, 5) is 40.6. The molecule has 0 aliphatic heterocycles. The van der Waals surface area contributed by atoms with Gasteiger partial charge in [-0.15, -0.1) is 0 Å². The molecular weight excluding hydrogens is 366 g/mol. The van der Waals surface area contributed by atoms with Crippen LogP contribution in [0.1, 0.15) is 49.4 Å². The molecular formula is C23H21N3O3. The number of ketones is 1. The van der Waals surface area contributed by atoms with E-state index in [-0.39, 0.29) is 23.1 Å². The Kier molecular flexibility index (Phi) is 5.83. The van der Waals surface area contributed by atoms with E-state index < -0.39 is 5.91 Å². The summed E-state index contributed by atoms with van der Waals surface area (Å²) in [5.41, 5.74) is 4.03. The van der Waals surface area contributed by atoms with Crippen molar-refractivity contribution in [3.8, 4) is 0 Å². The molecule has 0 unspecified atom stereocenters. The van der Waals surface area contributed by atoms with Crippen LogP contribution >= 0.6 is 0 Å². The van der Waals surface area contributed by atoms with Crippen molar-refractivity contribution in [2.45, 2.75) is 20.8 Å². The maximum Gasteiger partial charge on any atom is 0.274 e. The van der Waals surface area contributed by atoms with E-state index in [0.29, 0.717) is 16.9 Å². The summed E-state index contributed by atoms with van der Waals surface area (Å²) in [5, 5.41) is 5.55. The summed E-state index contributed by atoms with van der Waals surface area (Å²) in [6.45, 7) is 5.33. The molecule has 0 fully saturated rings. The third-order valence-corrected chi connectivity index (χ3v) is 4.40. The number of nitrogens with one attached hydrogen (secondary N) is 2. The zero-order valence-electron chi connectivity index (χ0n) is 16.4. The summed E-state index contributed by atoms with van der Waals surface area (Å²) < 4.78 is 0. The molecule has 0 atom stereocenters. The van der Waals surface area contributed by atoms with Gasteiger partial charge in [-0.25, -0.2) is 4.98 Å². The Labute approximate surface area is 169 Å². The Balaban J connectivity index is 1.74. The Hall–Kier alpha value is -3.80. The molecule has 29 heavy (non-hydrogen) atoms. The number of pyridine rings is 1. The topological polar surface area (TPSA) is 88.2 Å². The molecule has 2 N–H and O–H groups in total. The minimum absolute atomic E-state index is 0.0490. The van der Waals surface area contributed by atoms with Crippen LogP contribution in [0.5, 0.6) is 0 Å². The number of Topliss-reactive ketones (excluding diaryl/α,β-unsaturated/α-hetero) is 1. The molecule has 146 valence electrons. The van der Waals surface area contributed by atoms with E-state index in [4.69, 9.17) is 0 Å². The highest BCUT2D eigenvalue weighted by atomic mass is 16.2. The van der Waals surface area contributed by atoms with E-state index >= 15 is 0 Å². The van der Waals surface area contributed by atoms with E-state index in [9.17, 15) is 14.4 Å². The fourth-order valence-electron chi connectivity index (χ4n) is 2.73. The van der Waals surface area contributed by atoms with Crippen molar-refractivity contribution in [2.24, 2.45) is 0 Å². The second kappa shape index (κ2) is 8.48. The first kappa shape index (κ1) is 19.9. The number of anilines is 2. The lowest BCUT2D eigenvalue weighted by atomic mass is 10.1. The summed E-state index contributed by atoms with van der Waals surface area (Å²) in [6.07, 6.45) is 0. The normalized spacial score (nSPS) is 10.3. The largest absolute Gasteiger partial charge is 0.321 e. The number of rotatable bonds is 5. The molecule has 0 saturated heterocycles. The van der Waals surface area contributed by atoms with E-state index in [1.54, 1.807) is 36.4 Å². The summed E-state index contributed by atoms with van der Waals surface area (Å²) >= 11 is 0. The third-order valence-electron chi connectivity index (χ3n) is 4.40. The zero-order valence-corrected chi connectivity index (χ0v) is 16.4. The number of carbonyl (C=O) groups is 3. The van der Waals surface area contributed by atoms with Crippen LogP contribution in [0.15, 0.2) is 60.7 Å².